The Morgan fingerprint density at radius 1 is 1.22 bits per heavy atom. The molecule has 90 valence electrons. The van der Waals surface area contributed by atoms with Crippen molar-refractivity contribution in [3.05, 3.63) is 45.3 Å². The minimum absolute atomic E-state index is 0.0191. The molecule has 0 saturated carbocycles. The SMILES string of the molecule is COC(=O)c1[se]c2ccc3ccccc3c2c1Br. The van der Waals surface area contributed by atoms with Crippen LogP contribution in [0.1, 0.15) is 9.23 Å². The maximum absolute atomic E-state index is 11.7. The summed E-state index contributed by atoms with van der Waals surface area (Å²) in [7, 11) is 1.42. The van der Waals surface area contributed by atoms with Gasteiger partial charge in [-0.15, -0.1) is 0 Å². The number of hydrogen-bond donors (Lipinski definition) is 0. The number of carbonyl (C=O) groups excluding carboxylic acids is 1. The predicted octanol–water partition coefficient (Wildman–Crippen LogP) is 3.60. The fourth-order valence-electron chi connectivity index (χ4n) is 2.06. The summed E-state index contributed by atoms with van der Waals surface area (Å²) in [6.45, 7) is 0. The number of halogens is 1. The Morgan fingerprint density at radius 3 is 2.78 bits per heavy atom. The molecular weight excluding hydrogens is 359 g/mol. The number of hydrogen-bond acceptors (Lipinski definition) is 2. The molecule has 3 rings (SSSR count). The molecule has 1 aromatic heterocycles. The molecule has 0 fully saturated rings. The molecule has 0 unspecified atom stereocenters. The second kappa shape index (κ2) is 4.54. The fourth-order valence-corrected chi connectivity index (χ4v) is 5.52. The first-order valence-electron chi connectivity index (χ1n) is 5.40. The Morgan fingerprint density at radius 2 is 2.00 bits per heavy atom. The number of rotatable bonds is 1. The van der Waals surface area contributed by atoms with Crippen molar-refractivity contribution in [2.24, 2.45) is 0 Å². The van der Waals surface area contributed by atoms with Gasteiger partial charge in [0.05, 0.1) is 0 Å². The first kappa shape index (κ1) is 12.0. The monoisotopic (exact) mass is 368 g/mol. The molecule has 0 aliphatic heterocycles. The summed E-state index contributed by atoms with van der Waals surface area (Å²) in [6, 6.07) is 12.4. The molecule has 18 heavy (non-hydrogen) atoms. The van der Waals surface area contributed by atoms with Crippen molar-refractivity contribution in [3.63, 3.8) is 0 Å². The molecule has 0 atom stereocenters. The van der Waals surface area contributed by atoms with Gasteiger partial charge in [-0.3, -0.25) is 0 Å². The van der Waals surface area contributed by atoms with Crippen molar-refractivity contribution in [2.45, 2.75) is 0 Å². The van der Waals surface area contributed by atoms with E-state index in [9.17, 15) is 4.79 Å². The standard InChI is InChI=1S/C14H9BrO2Se/c1-17-14(16)13-12(15)11-9-5-3-2-4-8(9)6-7-10(11)18-13/h2-7H,1H3. The molecule has 0 saturated heterocycles. The molecule has 0 spiro atoms. The van der Waals surface area contributed by atoms with Crippen LogP contribution in [-0.4, -0.2) is 27.6 Å². The summed E-state index contributed by atoms with van der Waals surface area (Å²) in [6.07, 6.45) is 0. The van der Waals surface area contributed by atoms with Crippen molar-refractivity contribution in [1.29, 1.82) is 0 Å². The summed E-state index contributed by atoms with van der Waals surface area (Å²) in [5, 5.41) is 3.52. The van der Waals surface area contributed by atoms with E-state index in [1.54, 1.807) is 0 Å². The van der Waals surface area contributed by atoms with E-state index in [0.29, 0.717) is 0 Å². The molecule has 0 radical (unpaired) electrons. The van der Waals surface area contributed by atoms with Crippen LogP contribution < -0.4 is 0 Å². The van der Waals surface area contributed by atoms with E-state index in [-0.39, 0.29) is 20.5 Å². The summed E-state index contributed by atoms with van der Waals surface area (Å²) in [5.41, 5.74) is 0. The zero-order valence-electron chi connectivity index (χ0n) is 9.57. The minimum atomic E-state index is -0.234. The number of carbonyl (C=O) groups is 1. The molecule has 0 bridgehead atoms. The van der Waals surface area contributed by atoms with Gasteiger partial charge >= 0.3 is 119 Å². The average Bonchev–Trinajstić information content (AvgIpc) is 2.76. The Balaban J connectivity index is 2.44. The van der Waals surface area contributed by atoms with E-state index in [1.165, 1.54) is 22.1 Å². The summed E-state index contributed by atoms with van der Waals surface area (Å²) < 4.78 is 7.72. The third kappa shape index (κ3) is 1.72. The van der Waals surface area contributed by atoms with Crippen molar-refractivity contribution in [1.82, 2.24) is 0 Å². The molecule has 0 aliphatic carbocycles. The molecule has 1 heterocycles. The van der Waals surface area contributed by atoms with Crippen LogP contribution in [0.25, 0.3) is 20.4 Å². The van der Waals surface area contributed by atoms with Gasteiger partial charge in [-0.05, 0) is 0 Å². The molecule has 0 aliphatic rings. The van der Waals surface area contributed by atoms with Crippen LogP contribution in [0.2, 0.25) is 0 Å². The molecule has 0 amide bonds. The number of fused-ring (bicyclic) bond motifs is 3. The first-order chi connectivity index (χ1) is 8.72. The van der Waals surface area contributed by atoms with Gasteiger partial charge < -0.3 is 0 Å². The van der Waals surface area contributed by atoms with Gasteiger partial charge in [-0.25, -0.2) is 0 Å². The van der Waals surface area contributed by atoms with Gasteiger partial charge in [-0.1, -0.05) is 0 Å². The Labute approximate surface area is 118 Å². The number of esters is 1. The summed E-state index contributed by atoms with van der Waals surface area (Å²) in [5.74, 6) is -0.234. The Bertz CT molecular complexity index is 761. The maximum atomic E-state index is 11.7. The van der Waals surface area contributed by atoms with Gasteiger partial charge in [-0.2, -0.15) is 0 Å². The zero-order chi connectivity index (χ0) is 12.7. The quantitative estimate of drug-likeness (QED) is 0.485. The second-order valence-electron chi connectivity index (χ2n) is 3.90. The van der Waals surface area contributed by atoms with Gasteiger partial charge in [0.2, 0.25) is 0 Å². The molecule has 4 heteroatoms. The van der Waals surface area contributed by atoms with Crippen LogP contribution in [0.3, 0.4) is 0 Å². The van der Waals surface area contributed by atoms with Gasteiger partial charge in [0.15, 0.2) is 0 Å². The average molecular weight is 368 g/mol. The number of benzene rings is 2. The number of ether oxygens (including phenoxy) is 1. The molecule has 2 aromatic carbocycles. The van der Waals surface area contributed by atoms with Crippen molar-refractivity contribution in [3.8, 4) is 0 Å². The van der Waals surface area contributed by atoms with Crippen molar-refractivity contribution in [2.75, 3.05) is 7.11 Å². The van der Waals surface area contributed by atoms with Crippen LogP contribution in [0.5, 0.6) is 0 Å². The topological polar surface area (TPSA) is 26.3 Å². The second-order valence-corrected chi connectivity index (χ2v) is 6.90. The Hall–Kier alpha value is -1.09. The van der Waals surface area contributed by atoms with E-state index >= 15 is 0 Å². The van der Waals surface area contributed by atoms with E-state index in [0.717, 1.165) is 14.3 Å². The van der Waals surface area contributed by atoms with Gasteiger partial charge in [0, 0.05) is 0 Å². The van der Waals surface area contributed by atoms with Gasteiger partial charge in [0.1, 0.15) is 0 Å². The van der Waals surface area contributed by atoms with Gasteiger partial charge in [0.25, 0.3) is 0 Å². The van der Waals surface area contributed by atoms with Crippen molar-refractivity contribution >= 4 is 56.8 Å². The van der Waals surface area contributed by atoms with Crippen LogP contribution in [-0.2, 0) is 4.74 Å². The number of methoxy groups -OCH3 is 1. The third-order valence-corrected chi connectivity index (χ3v) is 6.66. The molecular formula is C14H9BrO2Se. The summed E-state index contributed by atoms with van der Waals surface area (Å²) >= 11 is 3.58. The van der Waals surface area contributed by atoms with Crippen LogP contribution in [0.15, 0.2) is 40.9 Å². The van der Waals surface area contributed by atoms with Crippen LogP contribution in [0, 0.1) is 0 Å². The van der Waals surface area contributed by atoms with E-state index in [1.807, 2.05) is 12.1 Å². The molecule has 0 N–H and O–H groups in total. The predicted molar refractivity (Wildman–Crippen MR) is 77.4 cm³/mol. The zero-order valence-corrected chi connectivity index (χ0v) is 12.9. The molecule has 3 aromatic rings. The van der Waals surface area contributed by atoms with Crippen LogP contribution in [0.4, 0.5) is 0 Å². The first-order valence-corrected chi connectivity index (χ1v) is 7.91. The van der Waals surface area contributed by atoms with Crippen LogP contribution >= 0.6 is 15.9 Å². The fraction of sp³-hybridized carbons (Fsp3) is 0.0714. The van der Waals surface area contributed by atoms with Crippen molar-refractivity contribution < 1.29 is 9.53 Å². The Kier molecular flexibility index (Phi) is 3.02. The van der Waals surface area contributed by atoms with E-state index in [2.05, 4.69) is 40.2 Å². The van der Waals surface area contributed by atoms with E-state index < -0.39 is 0 Å². The summed E-state index contributed by atoms with van der Waals surface area (Å²) in [4.78, 5) is 11.7. The normalized spacial score (nSPS) is 11.0. The third-order valence-electron chi connectivity index (χ3n) is 2.89. The molecule has 2 nitrogen and oxygen atoms in total. The van der Waals surface area contributed by atoms with E-state index in [4.69, 9.17) is 4.74 Å².